The summed E-state index contributed by atoms with van der Waals surface area (Å²) < 4.78 is 54.8. The van der Waals surface area contributed by atoms with Gasteiger partial charge in [-0.05, 0) is 41.9 Å². The van der Waals surface area contributed by atoms with Crippen LogP contribution in [0.3, 0.4) is 0 Å². The molecule has 10 atom stereocenters. The molecular formula is C51H48Cl2N9NaO10S2. The summed E-state index contributed by atoms with van der Waals surface area (Å²) in [4.78, 5) is 4.33. The molecule has 0 spiro atoms. The number of aromatic nitrogens is 3. The quantitative estimate of drug-likeness (QED) is 0.0527. The van der Waals surface area contributed by atoms with Gasteiger partial charge in [-0.1, -0.05) is 114 Å². The van der Waals surface area contributed by atoms with Gasteiger partial charge >= 0.3 is 40.9 Å². The van der Waals surface area contributed by atoms with E-state index >= 15 is 0 Å². The standard InChI is InChI=1S/C17H16N4O2.C17H15NO4S.C17H17NO3.Cl2OS.N3.Na/c18-20-19-13-9-23-10-16(17(13)22)21-14-7-3-1-5-11(14)12-6-2-4-8-15(12)21;19-23-21-16-10-20-9-15(17(16)22-23)18-13-7-3-1-5-11(13)12-6-2-4-8-14(12)18;19-16-10-21-9-15(17(16)20)18-13-7-3-1-5-11(13)12-6-2-4-8-14(12)18;1-4(2)3;1-3-2;/h1-8,13,16-17,22H,9-10H2;1-8,15-17H,9-10H2;1-8,15-17,19-20H,9-10H2;;;/q;;;;-1;+1/t13-,16+,17+;15-,16-,17+,23?;15-,16-,17+;;;/m100.../s1. The summed E-state index contributed by atoms with van der Waals surface area (Å²) in [7, 11) is 7.36. The van der Waals surface area contributed by atoms with Crippen LogP contribution in [0, 0.1) is 0 Å². The third-order valence-corrected chi connectivity index (χ3v) is 14.3. The smallest absolute Gasteiger partial charge is 0.390 e. The monoisotopic (exact) mass is 1100 g/mol. The molecule has 4 saturated heterocycles. The Morgan fingerprint density at radius 2 is 0.840 bits per heavy atom. The predicted molar refractivity (Wildman–Crippen MR) is 287 cm³/mol. The van der Waals surface area contributed by atoms with Gasteiger partial charge in [-0.2, -0.15) is 4.21 Å². The van der Waals surface area contributed by atoms with Crippen molar-refractivity contribution in [3.63, 3.8) is 0 Å². The Morgan fingerprint density at radius 1 is 0.520 bits per heavy atom. The van der Waals surface area contributed by atoms with Crippen LogP contribution in [0.5, 0.6) is 0 Å². The first-order valence-corrected chi connectivity index (χ1v) is 27.1. The summed E-state index contributed by atoms with van der Waals surface area (Å²) in [5.41, 5.74) is 28.6. The van der Waals surface area contributed by atoms with Gasteiger partial charge in [0.15, 0.2) is 0 Å². The number of para-hydroxylation sites is 6. The van der Waals surface area contributed by atoms with E-state index in [1.807, 2.05) is 97.1 Å². The molecule has 13 rings (SSSR count). The number of aliphatic hydroxyl groups is 3. The van der Waals surface area contributed by atoms with Crippen molar-refractivity contribution >= 4 is 107 Å². The number of hydrogen-bond acceptors (Lipinski definition) is 11. The Hall–Kier alpha value is -5.10. The molecule has 7 heterocycles. The van der Waals surface area contributed by atoms with Crippen molar-refractivity contribution in [1.82, 2.24) is 13.7 Å². The van der Waals surface area contributed by atoms with Crippen LogP contribution < -0.4 is 29.6 Å². The van der Waals surface area contributed by atoms with Crippen molar-refractivity contribution in [1.29, 1.82) is 0 Å². The molecule has 0 radical (unpaired) electrons. The van der Waals surface area contributed by atoms with E-state index in [4.69, 9.17) is 43.4 Å². The van der Waals surface area contributed by atoms with Gasteiger partial charge in [-0.25, -0.2) is 4.21 Å². The zero-order chi connectivity index (χ0) is 51.9. The molecule has 384 valence electrons. The molecular weight excluding hydrogens is 1060 g/mol. The van der Waals surface area contributed by atoms with Gasteiger partial charge in [-0.3, -0.25) is 13.3 Å². The van der Waals surface area contributed by atoms with Gasteiger partial charge in [0.05, 0.1) is 69.9 Å². The maximum Gasteiger partial charge on any atom is 1.00 e. The Balaban J connectivity index is 0.000000140. The van der Waals surface area contributed by atoms with E-state index in [2.05, 4.69) is 93.6 Å². The molecule has 3 aromatic heterocycles. The zero-order valence-electron chi connectivity index (χ0n) is 40.1. The maximum atomic E-state index is 11.7. The predicted octanol–water partition coefficient (Wildman–Crippen LogP) is 7.13. The fourth-order valence-corrected chi connectivity index (χ4v) is 11.3. The summed E-state index contributed by atoms with van der Waals surface area (Å²) >= 11 is -1.69. The number of azide groups is 1. The van der Waals surface area contributed by atoms with Crippen LogP contribution in [0.2, 0.25) is 0 Å². The van der Waals surface area contributed by atoms with Crippen LogP contribution in [0.4, 0.5) is 0 Å². The molecule has 0 bridgehead atoms. The van der Waals surface area contributed by atoms with Crippen LogP contribution in [0.1, 0.15) is 18.1 Å². The van der Waals surface area contributed by atoms with E-state index in [9.17, 15) is 19.5 Å². The summed E-state index contributed by atoms with van der Waals surface area (Å²) in [5.74, 6) is 0. The summed E-state index contributed by atoms with van der Waals surface area (Å²) in [5, 5.41) is 41.6. The molecule has 75 heavy (non-hydrogen) atoms. The average molecular weight is 1110 g/mol. The minimum atomic E-state index is -1.69. The first kappa shape index (κ1) is 56.1. The molecule has 4 aliphatic heterocycles. The van der Waals surface area contributed by atoms with Crippen LogP contribution in [0.15, 0.2) is 151 Å². The number of fused-ring (bicyclic) bond motifs is 10. The fraction of sp³-hybridized carbons (Fsp3) is 0.294. The molecule has 0 amide bonds. The van der Waals surface area contributed by atoms with Crippen molar-refractivity contribution in [2.75, 3.05) is 39.6 Å². The van der Waals surface area contributed by atoms with Crippen LogP contribution in [0.25, 0.3) is 91.8 Å². The Morgan fingerprint density at radius 3 is 1.23 bits per heavy atom. The molecule has 6 aromatic carbocycles. The second kappa shape index (κ2) is 25.8. The Labute approximate surface area is 465 Å². The molecule has 24 heteroatoms. The van der Waals surface area contributed by atoms with Crippen LogP contribution in [-0.2, 0) is 43.2 Å². The maximum absolute atomic E-state index is 11.7. The van der Waals surface area contributed by atoms with Crippen molar-refractivity contribution in [2.24, 2.45) is 5.11 Å². The Bertz CT molecular complexity index is 3410. The van der Waals surface area contributed by atoms with Crippen molar-refractivity contribution < 1.29 is 75.9 Å². The number of rotatable bonds is 4. The van der Waals surface area contributed by atoms with E-state index in [1.165, 1.54) is 15.7 Å². The molecule has 0 saturated carbocycles. The van der Waals surface area contributed by atoms with E-state index in [1.54, 1.807) is 0 Å². The number of aliphatic hydroxyl groups excluding tert-OH is 3. The second-order valence-electron chi connectivity index (χ2n) is 17.5. The van der Waals surface area contributed by atoms with Gasteiger partial charge in [0.2, 0.25) is 9.23 Å². The minimum Gasteiger partial charge on any atom is -0.390 e. The topological polar surface area (TPSA) is 263 Å². The molecule has 4 aliphatic rings. The fourth-order valence-electron chi connectivity index (χ4n) is 10.5. The first-order valence-electron chi connectivity index (χ1n) is 23.3. The van der Waals surface area contributed by atoms with Crippen molar-refractivity contribution in [3.8, 4) is 0 Å². The van der Waals surface area contributed by atoms with Gasteiger partial charge in [0.25, 0.3) is 0 Å². The number of hydrogen-bond donors (Lipinski definition) is 3. The second-order valence-corrected chi connectivity index (χ2v) is 20.8. The van der Waals surface area contributed by atoms with Crippen molar-refractivity contribution in [2.45, 2.75) is 54.7 Å². The third-order valence-electron chi connectivity index (χ3n) is 13.5. The number of benzene rings is 6. The largest absolute Gasteiger partial charge is 1.00 e. The number of halogens is 2. The number of nitrogens with zero attached hydrogens (tertiary/aromatic N) is 9. The molecule has 1 unspecified atom stereocenters. The van der Waals surface area contributed by atoms with Crippen molar-refractivity contribution in [3.05, 3.63) is 172 Å². The zero-order valence-corrected chi connectivity index (χ0v) is 45.2. The van der Waals surface area contributed by atoms with E-state index < -0.39 is 44.9 Å². The summed E-state index contributed by atoms with van der Waals surface area (Å²) in [6.07, 6.45) is -2.99. The van der Waals surface area contributed by atoms with E-state index in [-0.39, 0.29) is 73.1 Å². The van der Waals surface area contributed by atoms with E-state index in [0.717, 1.165) is 54.6 Å². The average Bonchev–Trinajstić information content (AvgIpc) is 4.16. The van der Waals surface area contributed by atoms with Gasteiger partial charge in [0, 0.05) is 91.7 Å². The van der Waals surface area contributed by atoms with Crippen LogP contribution >= 0.6 is 21.4 Å². The van der Waals surface area contributed by atoms with E-state index in [0.29, 0.717) is 26.4 Å². The third kappa shape index (κ3) is 11.8. The number of ether oxygens (including phenoxy) is 3. The molecule has 3 N–H and O–H groups in total. The SMILES string of the molecule is O=S(Cl)Cl.O=S1O[C@H]2[C@H](COC[C@@H]2n2c3ccccc3c3ccccc32)O1.O[C@H]1[C@@H](O)COC[C@@H]1n1c2ccccc2c2ccccc21.[N-]=[N+]=N[C@@H]1COC[C@H](n2c3ccccc3c3ccccc32)[C@H]1O.[N-]=[N+]=[N-].[Na+]. The minimum absolute atomic E-state index is 0. The van der Waals surface area contributed by atoms with Gasteiger partial charge < -0.3 is 54.3 Å². The van der Waals surface area contributed by atoms with Gasteiger partial charge in [-0.15, -0.1) is 0 Å². The molecule has 4 fully saturated rings. The first-order chi connectivity index (χ1) is 36.1. The summed E-state index contributed by atoms with van der Waals surface area (Å²) in [6, 6.07) is 47.9. The molecule has 0 aliphatic carbocycles. The Kier molecular flexibility index (Phi) is 19.3. The normalized spacial score (nSPS) is 25.0. The van der Waals surface area contributed by atoms with Gasteiger partial charge in [0.1, 0.15) is 24.4 Å². The summed E-state index contributed by atoms with van der Waals surface area (Å²) in [6.45, 7) is 2.17. The molecule has 19 nitrogen and oxygen atoms in total. The van der Waals surface area contributed by atoms with Crippen LogP contribution in [-0.4, -0.2) is 114 Å². The molecule has 9 aromatic rings.